The number of carboxylic acid groups (broad SMARTS) is 1. The Morgan fingerprint density at radius 1 is 1.22 bits per heavy atom. The van der Waals surface area contributed by atoms with Crippen molar-refractivity contribution in [2.75, 3.05) is 7.11 Å². The number of fused-ring (bicyclic) bond motifs is 3. The van der Waals surface area contributed by atoms with Crippen LogP contribution in [0.25, 0.3) is 22.5 Å². The summed E-state index contributed by atoms with van der Waals surface area (Å²) in [5.41, 5.74) is 3.76. The lowest BCUT2D eigenvalue weighted by Crippen LogP contribution is -2.35. The molecule has 1 N–H and O–H groups in total. The summed E-state index contributed by atoms with van der Waals surface area (Å²) in [6, 6.07) is 9.31. The van der Waals surface area contributed by atoms with E-state index in [-0.39, 0.29) is 17.0 Å². The van der Waals surface area contributed by atoms with Gasteiger partial charge in [-0.05, 0) is 36.0 Å². The third-order valence-electron chi connectivity index (χ3n) is 6.54. The highest BCUT2D eigenvalue weighted by atomic mass is 16.5. The molecular weight excluding hydrogens is 406 g/mol. The summed E-state index contributed by atoms with van der Waals surface area (Å²) < 4.78 is 9.45. The van der Waals surface area contributed by atoms with Gasteiger partial charge in [-0.15, -0.1) is 0 Å². The van der Waals surface area contributed by atoms with E-state index in [9.17, 15) is 14.7 Å². The van der Waals surface area contributed by atoms with Crippen LogP contribution in [0.1, 0.15) is 61.6 Å². The third-order valence-corrected chi connectivity index (χ3v) is 6.54. The van der Waals surface area contributed by atoms with Crippen molar-refractivity contribution in [1.82, 2.24) is 14.3 Å². The van der Waals surface area contributed by atoms with Crippen molar-refractivity contribution in [2.45, 2.75) is 52.1 Å². The minimum atomic E-state index is -1.20. The number of hydrogen-bond donors (Lipinski definition) is 1. The van der Waals surface area contributed by atoms with Gasteiger partial charge < -0.3 is 14.4 Å². The first-order valence-corrected chi connectivity index (χ1v) is 10.9. The van der Waals surface area contributed by atoms with Crippen LogP contribution in [0, 0.1) is 5.41 Å². The third kappa shape index (κ3) is 3.23. The van der Waals surface area contributed by atoms with Crippen LogP contribution < -0.4 is 10.2 Å². The van der Waals surface area contributed by atoms with Crippen LogP contribution in [0.2, 0.25) is 0 Å². The zero-order valence-electron chi connectivity index (χ0n) is 18.8. The number of carboxylic acids is 1. The van der Waals surface area contributed by atoms with Gasteiger partial charge in [0.15, 0.2) is 5.43 Å². The fourth-order valence-corrected chi connectivity index (χ4v) is 4.68. The van der Waals surface area contributed by atoms with E-state index in [2.05, 4.69) is 20.8 Å². The maximum absolute atomic E-state index is 12.8. The second kappa shape index (κ2) is 7.08. The average molecular weight is 434 g/mol. The molecule has 1 saturated carbocycles. The molecule has 1 fully saturated rings. The number of aromatic carboxylic acids is 1. The molecule has 2 aromatic heterocycles. The van der Waals surface area contributed by atoms with Gasteiger partial charge in [0, 0.05) is 23.7 Å². The van der Waals surface area contributed by atoms with Crippen LogP contribution >= 0.6 is 0 Å². The summed E-state index contributed by atoms with van der Waals surface area (Å²) in [4.78, 5) is 24.5. The largest absolute Gasteiger partial charge is 0.497 e. The van der Waals surface area contributed by atoms with E-state index in [1.165, 1.54) is 12.3 Å². The van der Waals surface area contributed by atoms with Gasteiger partial charge in [0.1, 0.15) is 11.3 Å². The zero-order chi connectivity index (χ0) is 22.8. The van der Waals surface area contributed by atoms with Crippen molar-refractivity contribution in [2.24, 2.45) is 5.41 Å². The van der Waals surface area contributed by atoms with Crippen LogP contribution in [0.5, 0.6) is 5.75 Å². The number of nitrogens with zero attached hydrogens (tertiary/aromatic N) is 3. The highest BCUT2D eigenvalue weighted by Gasteiger charge is 2.39. The molecule has 3 heterocycles. The van der Waals surface area contributed by atoms with Crippen LogP contribution in [-0.4, -0.2) is 32.5 Å². The first-order valence-electron chi connectivity index (χ1n) is 10.9. The molecule has 1 aromatic carbocycles. The number of ether oxygens (including phenoxy) is 1. The molecule has 2 aliphatic rings. The lowest BCUT2D eigenvalue weighted by atomic mass is 9.84. The van der Waals surface area contributed by atoms with Crippen molar-refractivity contribution in [3.63, 3.8) is 0 Å². The Bertz CT molecular complexity index is 1290. The number of rotatable bonds is 4. The monoisotopic (exact) mass is 433 g/mol. The Morgan fingerprint density at radius 2 is 1.97 bits per heavy atom. The summed E-state index contributed by atoms with van der Waals surface area (Å²) in [6.07, 6.45) is 3.71. The zero-order valence-corrected chi connectivity index (χ0v) is 18.8. The Labute approximate surface area is 186 Å². The molecule has 32 heavy (non-hydrogen) atoms. The van der Waals surface area contributed by atoms with Gasteiger partial charge in [0.25, 0.3) is 0 Å². The highest BCUT2D eigenvalue weighted by Crippen LogP contribution is 2.50. The molecule has 7 nitrogen and oxygen atoms in total. The predicted octanol–water partition coefficient (Wildman–Crippen LogP) is 4.56. The summed E-state index contributed by atoms with van der Waals surface area (Å²) in [5.74, 6) is -0.0456. The quantitative estimate of drug-likeness (QED) is 0.652. The van der Waals surface area contributed by atoms with E-state index >= 15 is 0 Å². The molecule has 0 bridgehead atoms. The normalized spacial score (nSPS) is 17.6. The molecule has 0 unspecified atom stereocenters. The van der Waals surface area contributed by atoms with E-state index in [4.69, 9.17) is 9.84 Å². The van der Waals surface area contributed by atoms with E-state index in [1.54, 1.807) is 7.11 Å². The first kappa shape index (κ1) is 20.5. The van der Waals surface area contributed by atoms with Gasteiger partial charge in [-0.3, -0.25) is 9.48 Å². The molecular formula is C25H27N3O4. The van der Waals surface area contributed by atoms with Crippen LogP contribution in [-0.2, 0) is 6.54 Å². The summed E-state index contributed by atoms with van der Waals surface area (Å²) in [5, 5.41) is 14.6. The van der Waals surface area contributed by atoms with E-state index in [0.29, 0.717) is 18.2 Å². The smallest absolute Gasteiger partial charge is 0.341 e. The minimum Gasteiger partial charge on any atom is -0.497 e. The Morgan fingerprint density at radius 3 is 2.59 bits per heavy atom. The summed E-state index contributed by atoms with van der Waals surface area (Å²) in [6.45, 7) is 6.98. The standard InChI is InChI=1S/C25H27N3O4/c1-25(2,3)20-13-28-23(18-11-19(29)17(24(30)31)12-27(18)20)21(22(26-28)14-8-9-14)15-6-5-7-16(10-15)32-4/h5-7,10-12,14,20H,8-9,13H2,1-4H3,(H,30,31)/t20-/m0/s1. The molecule has 166 valence electrons. The fourth-order valence-electron chi connectivity index (χ4n) is 4.68. The van der Waals surface area contributed by atoms with Crippen molar-refractivity contribution in [3.05, 3.63) is 58.0 Å². The van der Waals surface area contributed by atoms with Crippen molar-refractivity contribution in [3.8, 4) is 28.3 Å². The maximum atomic E-state index is 12.8. The van der Waals surface area contributed by atoms with Crippen LogP contribution in [0.15, 0.2) is 41.3 Å². The summed E-state index contributed by atoms with van der Waals surface area (Å²) in [7, 11) is 1.64. The highest BCUT2D eigenvalue weighted by molar-refractivity contribution is 5.89. The minimum absolute atomic E-state index is 0.0474. The number of aromatic nitrogens is 3. The molecule has 5 rings (SSSR count). The molecule has 1 aliphatic heterocycles. The molecule has 0 saturated heterocycles. The second-order valence-corrected chi connectivity index (χ2v) is 9.83. The number of benzene rings is 1. The molecule has 3 aromatic rings. The average Bonchev–Trinajstić information content (AvgIpc) is 3.51. The lowest BCUT2D eigenvalue weighted by Gasteiger charge is -2.38. The van der Waals surface area contributed by atoms with Crippen molar-refractivity contribution in [1.29, 1.82) is 0 Å². The first-order chi connectivity index (χ1) is 15.2. The van der Waals surface area contributed by atoms with Gasteiger partial charge in [-0.1, -0.05) is 32.9 Å². The SMILES string of the molecule is COc1cccc(-c2c(C3CC3)nn3c2-c2cc(=O)c(C(=O)O)cn2[C@H](C(C)(C)C)C3)c1. The molecule has 1 aliphatic carbocycles. The second-order valence-electron chi connectivity index (χ2n) is 9.83. The van der Waals surface area contributed by atoms with Crippen molar-refractivity contribution >= 4 is 5.97 Å². The number of carbonyl (C=O) groups is 1. The Hall–Kier alpha value is -3.35. The van der Waals surface area contributed by atoms with E-state index in [1.807, 2.05) is 33.5 Å². The van der Waals surface area contributed by atoms with Gasteiger partial charge in [-0.25, -0.2) is 4.79 Å². The Balaban J connectivity index is 1.83. The van der Waals surface area contributed by atoms with E-state index in [0.717, 1.165) is 41.1 Å². The predicted molar refractivity (Wildman–Crippen MR) is 121 cm³/mol. The van der Waals surface area contributed by atoms with Crippen LogP contribution in [0.4, 0.5) is 0 Å². The Kier molecular flexibility index (Phi) is 4.55. The number of methoxy groups -OCH3 is 1. The van der Waals surface area contributed by atoms with Gasteiger partial charge in [0.2, 0.25) is 0 Å². The topological polar surface area (TPSA) is 86.3 Å². The van der Waals surface area contributed by atoms with Crippen LogP contribution in [0.3, 0.4) is 0 Å². The van der Waals surface area contributed by atoms with Crippen molar-refractivity contribution < 1.29 is 14.6 Å². The molecule has 0 amide bonds. The van der Waals surface area contributed by atoms with Gasteiger partial charge >= 0.3 is 5.97 Å². The van der Waals surface area contributed by atoms with Gasteiger partial charge in [-0.2, -0.15) is 5.10 Å². The molecule has 0 spiro atoms. The van der Waals surface area contributed by atoms with E-state index < -0.39 is 11.4 Å². The lowest BCUT2D eigenvalue weighted by molar-refractivity contribution is 0.0693. The number of hydrogen-bond acceptors (Lipinski definition) is 4. The van der Waals surface area contributed by atoms with Gasteiger partial charge in [0.05, 0.1) is 36.8 Å². The molecule has 0 radical (unpaired) electrons. The molecule has 1 atom stereocenters. The summed E-state index contributed by atoms with van der Waals surface area (Å²) >= 11 is 0. The maximum Gasteiger partial charge on any atom is 0.341 e. The fraction of sp³-hybridized carbons (Fsp3) is 0.400. The molecule has 7 heteroatoms. The number of pyridine rings is 1.